The highest BCUT2D eigenvalue weighted by atomic mass is 16.5. The summed E-state index contributed by atoms with van der Waals surface area (Å²) < 4.78 is 6.57. The van der Waals surface area contributed by atoms with E-state index in [1.54, 1.807) is 0 Å². The lowest BCUT2D eigenvalue weighted by atomic mass is 9.80. The van der Waals surface area contributed by atoms with Crippen molar-refractivity contribution in [2.45, 2.75) is 37.6 Å². The van der Waals surface area contributed by atoms with E-state index in [2.05, 4.69) is 0 Å². The second-order valence-corrected chi connectivity index (χ2v) is 5.52. The molecule has 1 heterocycles. The summed E-state index contributed by atoms with van der Waals surface area (Å²) in [6.45, 7) is 4.09. The Morgan fingerprint density at radius 1 is 1.53 bits per heavy atom. The largest absolute Gasteiger partial charge is 0.464 e. The van der Waals surface area contributed by atoms with Gasteiger partial charge in [-0.25, -0.2) is 4.79 Å². The number of aromatic nitrogens is 1. The van der Waals surface area contributed by atoms with Crippen LogP contribution in [0.5, 0.6) is 0 Å². The molecule has 94 valence electrons. The number of methoxy groups -OCH3 is 1. The first-order valence-corrected chi connectivity index (χ1v) is 5.86. The summed E-state index contributed by atoms with van der Waals surface area (Å²) in [5.74, 6) is -0.302. The summed E-state index contributed by atoms with van der Waals surface area (Å²) >= 11 is 0. The van der Waals surface area contributed by atoms with E-state index in [-0.39, 0.29) is 16.9 Å². The van der Waals surface area contributed by atoms with Crippen LogP contribution in [0, 0.1) is 0 Å². The minimum absolute atomic E-state index is 0.0248. The van der Waals surface area contributed by atoms with Crippen LogP contribution < -0.4 is 5.73 Å². The highest BCUT2D eigenvalue weighted by molar-refractivity contribution is 5.88. The van der Waals surface area contributed by atoms with Gasteiger partial charge in [0.1, 0.15) is 5.69 Å². The number of hydrogen-bond donors (Lipinski definition) is 1. The molecule has 0 saturated heterocycles. The Kier molecular flexibility index (Phi) is 2.58. The van der Waals surface area contributed by atoms with Crippen LogP contribution in [0.3, 0.4) is 0 Å². The second-order valence-electron chi connectivity index (χ2n) is 5.52. The molecule has 1 aromatic rings. The molecule has 4 nitrogen and oxygen atoms in total. The SMILES string of the molecule is COC(=O)c1cc(C2(C(C)(C)N)CC2)cn1C. The lowest BCUT2D eigenvalue weighted by Crippen LogP contribution is -2.45. The monoisotopic (exact) mass is 236 g/mol. The van der Waals surface area contributed by atoms with Crippen molar-refractivity contribution >= 4 is 5.97 Å². The van der Waals surface area contributed by atoms with Gasteiger partial charge in [0, 0.05) is 24.2 Å². The van der Waals surface area contributed by atoms with Gasteiger partial charge in [-0.1, -0.05) is 0 Å². The number of hydrogen-bond acceptors (Lipinski definition) is 3. The van der Waals surface area contributed by atoms with Crippen molar-refractivity contribution in [3.63, 3.8) is 0 Å². The highest BCUT2D eigenvalue weighted by Crippen LogP contribution is 2.54. The van der Waals surface area contributed by atoms with E-state index in [9.17, 15) is 4.79 Å². The van der Waals surface area contributed by atoms with Gasteiger partial charge in [0.25, 0.3) is 0 Å². The Bertz CT molecular complexity index is 450. The van der Waals surface area contributed by atoms with Crippen LogP contribution in [0.2, 0.25) is 0 Å². The minimum atomic E-state index is -0.302. The molecule has 0 aliphatic heterocycles. The minimum Gasteiger partial charge on any atom is -0.464 e. The van der Waals surface area contributed by atoms with E-state index < -0.39 is 0 Å². The molecule has 1 aliphatic rings. The number of carbonyl (C=O) groups is 1. The Morgan fingerprint density at radius 2 is 2.12 bits per heavy atom. The molecule has 0 amide bonds. The predicted molar refractivity (Wildman–Crippen MR) is 65.9 cm³/mol. The second kappa shape index (κ2) is 3.60. The maximum atomic E-state index is 11.6. The Balaban J connectivity index is 2.40. The molecule has 1 fully saturated rings. The first-order chi connectivity index (χ1) is 7.82. The van der Waals surface area contributed by atoms with Crippen molar-refractivity contribution in [1.82, 2.24) is 4.57 Å². The zero-order chi connectivity index (χ0) is 12.8. The molecule has 0 radical (unpaired) electrons. The zero-order valence-corrected chi connectivity index (χ0v) is 10.9. The summed E-state index contributed by atoms with van der Waals surface area (Å²) in [6.07, 6.45) is 4.16. The van der Waals surface area contributed by atoms with E-state index in [0.29, 0.717) is 5.69 Å². The van der Waals surface area contributed by atoms with Gasteiger partial charge < -0.3 is 15.0 Å². The standard InChI is InChI=1S/C13H20N2O2/c1-12(2,14)13(5-6-13)9-7-10(11(16)17-4)15(3)8-9/h7-8H,5-6,14H2,1-4H3. The quantitative estimate of drug-likeness (QED) is 0.811. The molecule has 1 saturated carbocycles. The van der Waals surface area contributed by atoms with Crippen molar-refractivity contribution in [2.24, 2.45) is 12.8 Å². The Hall–Kier alpha value is -1.29. The molecular formula is C13H20N2O2. The highest BCUT2D eigenvalue weighted by Gasteiger charge is 2.54. The summed E-state index contributed by atoms with van der Waals surface area (Å²) in [6, 6.07) is 1.91. The van der Waals surface area contributed by atoms with E-state index in [1.807, 2.05) is 37.7 Å². The summed E-state index contributed by atoms with van der Waals surface area (Å²) in [4.78, 5) is 11.6. The van der Waals surface area contributed by atoms with Crippen LogP contribution in [0.4, 0.5) is 0 Å². The number of nitrogens with two attached hydrogens (primary N) is 1. The lowest BCUT2D eigenvalue weighted by molar-refractivity contribution is 0.0590. The van der Waals surface area contributed by atoms with E-state index in [1.165, 1.54) is 7.11 Å². The summed E-state index contributed by atoms with van der Waals surface area (Å²) in [5.41, 5.74) is 7.74. The summed E-state index contributed by atoms with van der Waals surface area (Å²) in [7, 11) is 3.25. The molecule has 2 N–H and O–H groups in total. The van der Waals surface area contributed by atoms with Gasteiger partial charge in [0.2, 0.25) is 0 Å². The molecule has 0 bridgehead atoms. The number of carbonyl (C=O) groups excluding carboxylic acids is 1. The van der Waals surface area contributed by atoms with Crippen LogP contribution in [0.25, 0.3) is 0 Å². The molecule has 17 heavy (non-hydrogen) atoms. The van der Waals surface area contributed by atoms with Gasteiger partial charge in [-0.15, -0.1) is 0 Å². The first kappa shape index (κ1) is 12.2. The number of aryl methyl sites for hydroxylation is 1. The van der Waals surface area contributed by atoms with E-state index >= 15 is 0 Å². The third-order valence-corrected chi connectivity index (χ3v) is 3.94. The molecule has 1 aliphatic carbocycles. The van der Waals surface area contributed by atoms with Crippen molar-refractivity contribution in [1.29, 1.82) is 0 Å². The molecule has 1 aromatic heterocycles. The molecule has 2 rings (SSSR count). The molecular weight excluding hydrogens is 216 g/mol. The normalized spacial score (nSPS) is 17.9. The van der Waals surface area contributed by atoms with Crippen LogP contribution >= 0.6 is 0 Å². The van der Waals surface area contributed by atoms with E-state index in [4.69, 9.17) is 10.5 Å². The zero-order valence-electron chi connectivity index (χ0n) is 10.9. The van der Waals surface area contributed by atoms with Crippen LogP contribution in [-0.4, -0.2) is 23.2 Å². The average molecular weight is 236 g/mol. The Morgan fingerprint density at radius 3 is 2.53 bits per heavy atom. The first-order valence-electron chi connectivity index (χ1n) is 5.86. The molecule has 0 unspecified atom stereocenters. The Labute approximate surface area is 102 Å². The number of nitrogens with zero attached hydrogens (tertiary/aromatic N) is 1. The third kappa shape index (κ3) is 1.76. The van der Waals surface area contributed by atoms with Crippen LogP contribution in [0.1, 0.15) is 42.7 Å². The smallest absolute Gasteiger partial charge is 0.354 e. The topological polar surface area (TPSA) is 57.2 Å². The van der Waals surface area contributed by atoms with Gasteiger partial charge >= 0.3 is 5.97 Å². The van der Waals surface area contributed by atoms with Gasteiger partial charge in [-0.3, -0.25) is 0 Å². The van der Waals surface area contributed by atoms with Gasteiger partial charge in [0.05, 0.1) is 7.11 Å². The fraction of sp³-hybridized carbons (Fsp3) is 0.615. The number of ether oxygens (including phenoxy) is 1. The van der Waals surface area contributed by atoms with Crippen molar-refractivity contribution in [2.75, 3.05) is 7.11 Å². The molecule has 0 aromatic carbocycles. The van der Waals surface area contributed by atoms with Crippen molar-refractivity contribution < 1.29 is 9.53 Å². The van der Waals surface area contributed by atoms with Gasteiger partial charge in [-0.05, 0) is 38.3 Å². The van der Waals surface area contributed by atoms with Crippen LogP contribution in [-0.2, 0) is 17.2 Å². The summed E-state index contributed by atoms with van der Waals surface area (Å²) in [5, 5.41) is 0. The maximum absolute atomic E-state index is 11.6. The lowest BCUT2D eigenvalue weighted by Gasteiger charge is -2.30. The fourth-order valence-corrected chi connectivity index (χ4v) is 2.56. The average Bonchev–Trinajstić information content (AvgIpc) is 2.96. The predicted octanol–water partition coefficient (Wildman–Crippen LogP) is 1.58. The van der Waals surface area contributed by atoms with Crippen molar-refractivity contribution in [3.05, 3.63) is 23.5 Å². The van der Waals surface area contributed by atoms with E-state index in [0.717, 1.165) is 18.4 Å². The number of esters is 1. The molecule has 0 atom stereocenters. The van der Waals surface area contributed by atoms with Gasteiger partial charge in [0.15, 0.2) is 0 Å². The molecule has 0 spiro atoms. The number of rotatable bonds is 3. The molecule has 4 heteroatoms. The van der Waals surface area contributed by atoms with Gasteiger partial charge in [-0.2, -0.15) is 0 Å². The maximum Gasteiger partial charge on any atom is 0.354 e. The fourth-order valence-electron chi connectivity index (χ4n) is 2.56. The third-order valence-electron chi connectivity index (χ3n) is 3.94. The van der Waals surface area contributed by atoms with Crippen molar-refractivity contribution in [3.8, 4) is 0 Å². The van der Waals surface area contributed by atoms with Crippen LogP contribution in [0.15, 0.2) is 12.3 Å².